The van der Waals surface area contributed by atoms with Gasteiger partial charge in [0, 0.05) is 55.1 Å². The van der Waals surface area contributed by atoms with E-state index in [0.717, 1.165) is 27.8 Å². The van der Waals surface area contributed by atoms with Gasteiger partial charge in [0.15, 0.2) is 0 Å². The Morgan fingerprint density at radius 3 is 1.45 bits per heavy atom. The number of hydroxylamine groups is 2. The van der Waals surface area contributed by atoms with Crippen molar-refractivity contribution < 1.29 is 71.3 Å². The largest absolute Gasteiger partial charge is 0.444 e. The van der Waals surface area contributed by atoms with Gasteiger partial charge in [-0.2, -0.15) is 5.10 Å². The SMILES string of the molecule is CCCN(OCC)C(=O)C1=Cc2ncc(-c3cnn(CC(=O)NCCOCCOCCOCCOCCOCCOCCOCCOCCOCCOCCNC(=O)OC(C)(C)C)c3)cc2NC(=NC(c2ccccc2)(c2ccccc2)c2ccccc2)C1. The molecule has 3 amide bonds. The molecule has 0 unspecified atom stereocenters. The third-order valence-electron chi connectivity index (χ3n) is 13.1. The zero-order valence-corrected chi connectivity index (χ0v) is 52.5. The summed E-state index contributed by atoms with van der Waals surface area (Å²) in [6.45, 7) is 19.4. The first kappa shape index (κ1) is 71.1. The van der Waals surface area contributed by atoms with E-state index in [0.29, 0.717) is 188 Å². The van der Waals surface area contributed by atoms with E-state index in [1.807, 2.05) is 101 Å². The van der Waals surface area contributed by atoms with Crippen LogP contribution in [0.25, 0.3) is 17.2 Å². The van der Waals surface area contributed by atoms with Crippen molar-refractivity contribution in [1.29, 1.82) is 0 Å². The van der Waals surface area contributed by atoms with Crippen molar-refractivity contribution in [1.82, 2.24) is 30.5 Å². The maximum Gasteiger partial charge on any atom is 0.407 e. The second-order valence-corrected chi connectivity index (χ2v) is 21.1. The van der Waals surface area contributed by atoms with Gasteiger partial charge in [-0.3, -0.25) is 29.1 Å². The highest BCUT2D eigenvalue weighted by Crippen LogP contribution is 2.42. The maximum atomic E-state index is 14.4. The number of carbonyl (C=O) groups is 3. The third kappa shape index (κ3) is 26.5. The van der Waals surface area contributed by atoms with Gasteiger partial charge in [0.05, 0.1) is 156 Å². The fourth-order valence-corrected chi connectivity index (χ4v) is 9.01. The van der Waals surface area contributed by atoms with Crippen LogP contribution in [0, 0.1) is 0 Å². The number of alkyl carbamates (subject to hydrolysis) is 1. The van der Waals surface area contributed by atoms with Gasteiger partial charge in [-0.25, -0.2) is 9.86 Å². The summed E-state index contributed by atoms with van der Waals surface area (Å²) in [5.74, 6) is 0.0834. The minimum Gasteiger partial charge on any atom is -0.444 e. The first-order valence-electron chi connectivity index (χ1n) is 30.7. The summed E-state index contributed by atoms with van der Waals surface area (Å²) in [6, 6.07) is 32.5. The number of amides is 3. The lowest BCUT2D eigenvalue weighted by Crippen LogP contribution is -2.34. The molecule has 1 aliphatic rings. The number of anilines is 1. The number of pyridine rings is 1. The predicted molar refractivity (Wildman–Crippen MR) is 337 cm³/mol. The van der Waals surface area contributed by atoms with Gasteiger partial charge < -0.3 is 68.1 Å². The third-order valence-corrected chi connectivity index (χ3v) is 13.1. The van der Waals surface area contributed by atoms with Crippen LogP contribution in [-0.4, -0.2) is 208 Å². The summed E-state index contributed by atoms with van der Waals surface area (Å²) in [5.41, 5.74) is 4.52. The molecule has 3 heterocycles. The summed E-state index contributed by atoms with van der Waals surface area (Å²) in [7, 11) is 0. The summed E-state index contributed by atoms with van der Waals surface area (Å²) >= 11 is 0. The van der Waals surface area contributed by atoms with Crippen LogP contribution >= 0.6 is 0 Å². The van der Waals surface area contributed by atoms with Crippen molar-refractivity contribution >= 4 is 35.5 Å². The highest BCUT2D eigenvalue weighted by molar-refractivity contribution is 6.10. The van der Waals surface area contributed by atoms with Crippen LogP contribution in [0.5, 0.6) is 0 Å². The van der Waals surface area contributed by atoms with Crippen LogP contribution in [0.15, 0.2) is 126 Å². The van der Waals surface area contributed by atoms with Crippen molar-refractivity contribution in [2.75, 3.05) is 164 Å². The summed E-state index contributed by atoms with van der Waals surface area (Å²) < 4.78 is 62.1. The van der Waals surface area contributed by atoms with E-state index < -0.39 is 17.2 Å². The minimum absolute atomic E-state index is 0.00432. The molecular weight excluding hydrogens is 1140 g/mol. The van der Waals surface area contributed by atoms with E-state index in [1.165, 1.54) is 5.06 Å². The Hall–Kier alpha value is -7.00. The van der Waals surface area contributed by atoms with E-state index in [9.17, 15) is 14.4 Å². The lowest BCUT2D eigenvalue weighted by molar-refractivity contribution is -0.180. The molecule has 0 spiro atoms. The van der Waals surface area contributed by atoms with Gasteiger partial charge in [-0.1, -0.05) is 97.9 Å². The van der Waals surface area contributed by atoms with Crippen LogP contribution in [0.3, 0.4) is 0 Å². The molecule has 2 aromatic heterocycles. The van der Waals surface area contributed by atoms with Crippen molar-refractivity contribution in [3.8, 4) is 11.1 Å². The molecule has 0 radical (unpaired) electrons. The Morgan fingerprint density at radius 2 is 1.02 bits per heavy atom. The second-order valence-electron chi connectivity index (χ2n) is 21.1. The standard InChI is InChI=1S/C66H92N8O15/c1-6-25-74(88-7-2)63(76)53-46-59-60(71-61(48-53)72-66(56-17-11-8-12-18-56,57-19-13-9-14-20-57)58-21-15-10-16-22-58)47-54(49-69-59)55-50-70-73(51-55)52-62(75)67-23-26-78-28-30-80-32-34-82-36-38-84-40-42-86-44-45-87-43-41-85-39-37-83-35-33-81-31-29-79-27-24-68-64(77)89-65(3,4)5/h8-22,46-47,49-51H,6-7,23-45,48,52H2,1-5H3,(H,67,75)(H,68,77)(H,71,72). The summed E-state index contributed by atoms with van der Waals surface area (Å²) in [5, 5.41) is 15.1. The van der Waals surface area contributed by atoms with E-state index in [1.54, 1.807) is 23.3 Å². The Balaban J connectivity index is 0.802. The van der Waals surface area contributed by atoms with Crippen molar-refractivity contribution in [2.24, 2.45) is 4.99 Å². The van der Waals surface area contributed by atoms with Gasteiger partial charge in [-0.15, -0.1) is 0 Å². The fourth-order valence-electron chi connectivity index (χ4n) is 9.01. The van der Waals surface area contributed by atoms with Gasteiger partial charge >= 0.3 is 6.09 Å². The number of nitrogens with zero attached hydrogens (tertiary/aromatic N) is 5. The molecule has 486 valence electrons. The topological polar surface area (TPSA) is 244 Å². The maximum absolute atomic E-state index is 14.4. The quantitative estimate of drug-likeness (QED) is 0.0194. The highest BCUT2D eigenvalue weighted by atomic mass is 16.7. The lowest BCUT2D eigenvalue weighted by atomic mass is 9.77. The number of aliphatic imine (C=N–C) groups is 1. The molecule has 0 bridgehead atoms. The van der Waals surface area contributed by atoms with E-state index >= 15 is 0 Å². The number of fused-ring (bicyclic) bond motifs is 1. The molecule has 6 rings (SSSR count). The Bertz CT molecular complexity index is 2740. The molecule has 89 heavy (non-hydrogen) atoms. The molecule has 0 fully saturated rings. The number of amidine groups is 1. The highest BCUT2D eigenvalue weighted by Gasteiger charge is 2.38. The molecule has 3 aromatic carbocycles. The van der Waals surface area contributed by atoms with Crippen molar-refractivity contribution in [2.45, 2.75) is 65.1 Å². The monoisotopic (exact) mass is 1240 g/mol. The molecule has 5 aromatic rings. The van der Waals surface area contributed by atoms with E-state index in [4.69, 9.17) is 66.9 Å². The number of aromatic nitrogens is 3. The Morgan fingerprint density at radius 1 is 0.584 bits per heavy atom. The molecule has 23 heteroatoms. The van der Waals surface area contributed by atoms with Crippen LogP contribution in [0.4, 0.5) is 10.5 Å². The molecular formula is C66H92N8O15. The van der Waals surface area contributed by atoms with Gasteiger partial charge in [0.2, 0.25) is 5.91 Å². The fraction of sp³-hybridized carbons (Fsp3) is 0.515. The van der Waals surface area contributed by atoms with Crippen LogP contribution in [-0.2, 0) is 78.6 Å². The van der Waals surface area contributed by atoms with Crippen molar-refractivity contribution in [3.63, 3.8) is 0 Å². The molecule has 0 atom stereocenters. The van der Waals surface area contributed by atoms with E-state index in [2.05, 4.69) is 57.4 Å². The van der Waals surface area contributed by atoms with Crippen LogP contribution in [0.2, 0.25) is 0 Å². The Labute approximate surface area is 523 Å². The molecule has 0 aliphatic carbocycles. The molecule has 1 aliphatic heterocycles. The van der Waals surface area contributed by atoms with Gasteiger partial charge in [0.1, 0.15) is 23.5 Å². The zero-order valence-electron chi connectivity index (χ0n) is 52.5. The number of hydrogen-bond acceptors (Lipinski definition) is 18. The van der Waals surface area contributed by atoms with Gasteiger partial charge in [0.25, 0.3) is 5.91 Å². The number of nitrogens with one attached hydrogen (secondary N) is 3. The normalized spacial score (nSPS) is 12.9. The molecule has 3 N–H and O–H groups in total. The average molecular weight is 1240 g/mol. The second kappa shape index (κ2) is 41.3. The average Bonchev–Trinajstić information content (AvgIpc) is 1.49. The minimum atomic E-state index is -1.00. The molecule has 0 saturated carbocycles. The molecule has 0 saturated heterocycles. The zero-order chi connectivity index (χ0) is 63.0. The van der Waals surface area contributed by atoms with Crippen molar-refractivity contribution in [3.05, 3.63) is 144 Å². The first-order valence-corrected chi connectivity index (χ1v) is 30.7. The number of benzene rings is 3. The Kier molecular flexibility index (Phi) is 33.0. The lowest BCUT2D eigenvalue weighted by Gasteiger charge is -2.33. The first-order chi connectivity index (χ1) is 43.5. The van der Waals surface area contributed by atoms with Crippen LogP contribution in [0.1, 0.15) is 69.8 Å². The van der Waals surface area contributed by atoms with Crippen LogP contribution < -0.4 is 16.0 Å². The van der Waals surface area contributed by atoms with Gasteiger partial charge in [-0.05, 0) is 62.9 Å². The summed E-state index contributed by atoms with van der Waals surface area (Å²) in [6.07, 6.45) is 7.47. The number of rotatable bonds is 45. The number of hydrogen-bond donors (Lipinski definition) is 3. The number of ether oxygens (including phenoxy) is 11. The predicted octanol–water partition coefficient (Wildman–Crippen LogP) is 7.53. The summed E-state index contributed by atoms with van der Waals surface area (Å²) in [4.78, 5) is 55.3. The van der Waals surface area contributed by atoms with E-state index in [-0.39, 0.29) is 24.8 Å². The number of carbonyl (C=O) groups excluding carboxylic acids is 3. The molecule has 23 nitrogen and oxygen atoms in total. The smallest absolute Gasteiger partial charge is 0.407 e.